The molecule has 0 unspecified atom stereocenters. The molecule has 1 aliphatic carbocycles. The summed E-state index contributed by atoms with van der Waals surface area (Å²) >= 11 is 0. The summed E-state index contributed by atoms with van der Waals surface area (Å²) < 4.78 is 11.9. The molecule has 0 spiro atoms. The fourth-order valence-electron chi connectivity index (χ4n) is 3.98. The van der Waals surface area contributed by atoms with E-state index < -0.39 is 5.69 Å². The highest BCUT2D eigenvalue weighted by molar-refractivity contribution is 5.94. The van der Waals surface area contributed by atoms with Gasteiger partial charge in [0.15, 0.2) is 0 Å². The number of nitrogens with one attached hydrogen (secondary N) is 2. The molecule has 1 heterocycles. The molecule has 1 saturated carbocycles. The molecule has 2 N–H and O–H groups in total. The second kappa shape index (κ2) is 9.07. The number of carbonyl (C=O) groups excluding carboxylic acids is 1. The number of nitrogens with zero attached hydrogens (tertiary/aromatic N) is 2. The number of carbonyl (C=O) groups is 1. The number of hydrogen-bond acceptors (Lipinski definition) is 6. The second-order valence-corrected chi connectivity index (χ2v) is 7.62. The Balaban J connectivity index is 1.60. The molecular formula is C23H26N4O4. The number of anilines is 2. The maximum absolute atomic E-state index is 12.8. The summed E-state index contributed by atoms with van der Waals surface area (Å²) in [7, 11) is 3.08. The molecule has 1 amide bonds. The normalized spacial score (nSPS) is 13.9. The Bertz CT molecular complexity index is 1130. The van der Waals surface area contributed by atoms with Gasteiger partial charge in [0.05, 0.1) is 19.7 Å². The molecule has 1 aromatic heterocycles. The van der Waals surface area contributed by atoms with Crippen LogP contribution in [0, 0.1) is 0 Å². The molecule has 162 valence electrons. The van der Waals surface area contributed by atoms with E-state index in [4.69, 9.17) is 9.47 Å². The van der Waals surface area contributed by atoms with Crippen molar-refractivity contribution in [2.45, 2.75) is 38.3 Å². The number of para-hydroxylation sites is 1. The number of fused-ring (bicyclic) bond motifs is 1. The summed E-state index contributed by atoms with van der Waals surface area (Å²) in [6, 6.07) is 12.9. The highest BCUT2D eigenvalue weighted by Crippen LogP contribution is 2.27. The fraction of sp³-hybridized carbons (Fsp3) is 0.348. The van der Waals surface area contributed by atoms with Gasteiger partial charge in [0.1, 0.15) is 23.9 Å². The van der Waals surface area contributed by atoms with Crippen molar-refractivity contribution in [2.75, 3.05) is 24.9 Å². The first-order chi connectivity index (χ1) is 15.1. The van der Waals surface area contributed by atoms with Crippen LogP contribution in [-0.4, -0.2) is 35.7 Å². The quantitative estimate of drug-likeness (QED) is 0.606. The summed E-state index contributed by atoms with van der Waals surface area (Å²) in [5.74, 6) is 1.35. The van der Waals surface area contributed by atoms with Crippen LogP contribution in [-0.2, 0) is 11.3 Å². The Morgan fingerprint density at radius 3 is 2.45 bits per heavy atom. The molecular weight excluding hydrogens is 396 g/mol. The number of rotatable bonds is 7. The smallest absolute Gasteiger partial charge is 0.350 e. The molecule has 8 nitrogen and oxygen atoms in total. The SMILES string of the molecule is COc1cc(NC(=O)Cn2c(=O)nc(NC3CCCC3)c3ccccc32)cc(OC)c1. The average Bonchev–Trinajstić information content (AvgIpc) is 3.29. The Labute approximate surface area is 180 Å². The van der Waals surface area contributed by atoms with Gasteiger partial charge in [0, 0.05) is 35.3 Å². The minimum absolute atomic E-state index is 0.157. The van der Waals surface area contributed by atoms with Crippen LogP contribution in [0.25, 0.3) is 10.9 Å². The standard InChI is InChI=1S/C23H26N4O4/c1-30-17-11-16(12-18(13-17)31-2)24-21(28)14-27-20-10-6-5-9-19(20)22(26-23(27)29)25-15-7-3-4-8-15/h5-6,9-13,15H,3-4,7-8,14H2,1-2H3,(H,24,28)(H,25,26,29). The Morgan fingerprint density at radius 1 is 1.10 bits per heavy atom. The lowest BCUT2D eigenvalue weighted by atomic mass is 10.2. The van der Waals surface area contributed by atoms with Gasteiger partial charge in [0.2, 0.25) is 5.91 Å². The molecule has 8 heteroatoms. The lowest BCUT2D eigenvalue weighted by Gasteiger charge is -2.17. The van der Waals surface area contributed by atoms with E-state index in [-0.39, 0.29) is 12.5 Å². The summed E-state index contributed by atoms with van der Waals surface area (Å²) in [4.78, 5) is 29.8. The molecule has 1 fully saturated rings. The van der Waals surface area contributed by atoms with E-state index in [1.807, 2.05) is 24.3 Å². The number of methoxy groups -OCH3 is 2. The molecule has 2 aromatic carbocycles. The van der Waals surface area contributed by atoms with Crippen LogP contribution < -0.4 is 25.8 Å². The Morgan fingerprint density at radius 2 is 1.77 bits per heavy atom. The first kappa shape index (κ1) is 20.7. The van der Waals surface area contributed by atoms with Gasteiger partial charge in [-0.1, -0.05) is 25.0 Å². The van der Waals surface area contributed by atoms with Gasteiger partial charge in [0.25, 0.3) is 0 Å². The lowest BCUT2D eigenvalue weighted by Crippen LogP contribution is -2.31. The third-order valence-corrected chi connectivity index (χ3v) is 5.52. The lowest BCUT2D eigenvalue weighted by molar-refractivity contribution is -0.116. The van der Waals surface area contributed by atoms with Crippen molar-refractivity contribution in [3.8, 4) is 11.5 Å². The van der Waals surface area contributed by atoms with Crippen LogP contribution in [0.1, 0.15) is 25.7 Å². The average molecular weight is 422 g/mol. The third kappa shape index (κ3) is 4.63. The molecule has 0 aliphatic heterocycles. The predicted molar refractivity (Wildman–Crippen MR) is 120 cm³/mol. The van der Waals surface area contributed by atoms with Crippen molar-refractivity contribution in [3.63, 3.8) is 0 Å². The van der Waals surface area contributed by atoms with E-state index in [1.165, 1.54) is 17.4 Å². The summed E-state index contributed by atoms with van der Waals surface area (Å²) in [5, 5.41) is 7.04. The van der Waals surface area contributed by atoms with E-state index in [2.05, 4.69) is 15.6 Å². The Kier molecular flexibility index (Phi) is 6.06. The van der Waals surface area contributed by atoms with E-state index in [0.29, 0.717) is 34.6 Å². The first-order valence-electron chi connectivity index (χ1n) is 10.4. The zero-order valence-corrected chi connectivity index (χ0v) is 17.7. The van der Waals surface area contributed by atoms with Crippen LogP contribution in [0.3, 0.4) is 0 Å². The summed E-state index contributed by atoms with van der Waals surface area (Å²) in [6.45, 7) is -0.157. The Hall–Kier alpha value is -3.55. The molecule has 0 radical (unpaired) electrons. The second-order valence-electron chi connectivity index (χ2n) is 7.62. The van der Waals surface area contributed by atoms with Crippen molar-refractivity contribution >= 4 is 28.3 Å². The van der Waals surface area contributed by atoms with Crippen molar-refractivity contribution in [1.82, 2.24) is 9.55 Å². The highest BCUT2D eigenvalue weighted by atomic mass is 16.5. The zero-order valence-electron chi connectivity index (χ0n) is 17.7. The molecule has 0 bridgehead atoms. The van der Waals surface area contributed by atoms with Crippen LogP contribution in [0.5, 0.6) is 11.5 Å². The molecule has 0 saturated heterocycles. The zero-order chi connectivity index (χ0) is 21.8. The predicted octanol–water partition coefficient (Wildman–Crippen LogP) is 3.41. The van der Waals surface area contributed by atoms with Crippen molar-refractivity contribution < 1.29 is 14.3 Å². The van der Waals surface area contributed by atoms with Gasteiger partial charge in [-0.3, -0.25) is 9.36 Å². The van der Waals surface area contributed by atoms with E-state index in [1.54, 1.807) is 32.4 Å². The number of ether oxygens (including phenoxy) is 2. The van der Waals surface area contributed by atoms with Crippen molar-refractivity contribution in [1.29, 1.82) is 0 Å². The van der Waals surface area contributed by atoms with Crippen LogP contribution in [0.4, 0.5) is 11.5 Å². The molecule has 0 atom stereocenters. The molecule has 31 heavy (non-hydrogen) atoms. The number of amides is 1. The summed E-state index contributed by atoms with van der Waals surface area (Å²) in [5.41, 5.74) is 0.727. The largest absolute Gasteiger partial charge is 0.497 e. The van der Waals surface area contributed by atoms with E-state index in [9.17, 15) is 9.59 Å². The topological polar surface area (TPSA) is 94.5 Å². The van der Waals surface area contributed by atoms with Gasteiger partial charge in [-0.15, -0.1) is 0 Å². The minimum Gasteiger partial charge on any atom is -0.497 e. The number of aromatic nitrogens is 2. The van der Waals surface area contributed by atoms with Crippen LogP contribution in [0.2, 0.25) is 0 Å². The van der Waals surface area contributed by atoms with Crippen LogP contribution >= 0.6 is 0 Å². The molecule has 3 aromatic rings. The number of benzene rings is 2. The summed E-state index contributed by atoms with van der Waals surface area (Å²) in [6.07, 6.45) is 4.51. The van der Waals surface area contributed by atoms with Gasteiger partial charge in [-0.2, -0.15) is 4.98 Å². The van der Waals surface area contributed by atoms with E-state index >= 15 is 0 Å². The molecule has 1 aliphatic rings. The minimum atomic E-state index is -0.461. The first-order valence-corrected chi connectivity index (χ1v) is 10.4. The van der Waals surface area contributed by atoms with Gasteiger partial charge in [-0.05, 0) is 25.0 Å². The fourth-order valence-corrected chi connectivity index (χ4v) is 3.98. The monoisotopic (exact) mass is 422 g/mol. The van der Waals surface area contributed by atoms with Crippen molar-refractivity contribution in [3.05, 3.63) is 52.9 Å². The van der Waals surface area contributed by atoms with Crippen molar-refractivity contribution in [2.24, 2.45) is 0 Å². The van der Waals surface area contributed by atoms with Gasteiger partial charge >= 0.3 is 5.69 Å². The highest BCUT2D eigenvalue weighted by Gasteiger charge is 2.19. The van der Waals surface area contributed by atoms with E-state index in [0.717, 1.165) is 18.2 Å². The van der Waals surface area contributed by atoms with Gasteiger partial charge in [-0.25, -0.2) is 4.79 Å². The number of hydrogen-bond donors (Lipinski definition) is 2. The third-order valence-electron chi connectivity index (χ3n) is 5.52. The van der Waals surface area contributed by atoms with Crippen LogP contribution in [0.15, 0.2) is 47.3 Å². The maximum Gasteiger partial charge on any atom is 0.350 e. The molecule has 4 rings (SSSR count). The van der Waals surface area contributed by atoms with Gasteiger partial charge < -0.3 is 20.1 Å². The maximum atomic E-state index is 12.8.